The zero-order valence-corrected chi connectivity index (χ0v) is 37.0. The van der Waals surface area contributed by atoms with Crippen molar-refractivity contribution < 1.29 is 19.2 Å². The fraction of sp³-hybridized carbons (Fsp3) is 0.429. The fourth-order valence-electron chi connectivity index (χ4n) is 7.38. The first-order chi connectivity index (χ1) is 26.2. The van der Waals surface area contributed by atoms with Crippen LogP contribution in [0, 0.1) is 25.7 Å². The van der Waals surface area contributed by atoms with Gasteiger partial charge in [-0.2, -0.15) is 0 Å². The Balaban J connectivity index is 1.46. The van der Waals surface area contributed by atoms with Crippen LogP contribution in [0.1, 0.15) is 83.8 Å². The minimum absolute atomic E-state index is 0.0636. The van der Waals surface area contributed by atoms with Gasteiger partial charge >= 0.3 is 351 Å². The van der Waals surface area contributed by atoms with E-state index >= 15 is 0 Å². The van der Waals surface area contributed by atoms with Gasteiger partial charge in [-0.05, 0) is 0 Å². The first-order valence-corrected chi connectivity index (χ1v) is 23.0. The summed E-state index contributed by atoms with van der Waals surface area (Å²) in [4.78, 5) is 62.5. The molecule has 0 bridgehead atoms. The molecule has 4 aromatic rings. The van der Waals surface area contributed by atoms with Crippen LogP contribution in [0.2, 0.25) is 10.0 Å². The maximum absolute atomic E-state index is 14.7. The van der Waals surface area contributed by atoms with Crippen LogP contribution in [0.25, 0.3) is 22.3 Å². The summed E-state index contributed by atoms with van der Waals surface area (Å²) in [5.41, 5.74) is 4.14. The summed E-state index contributed by atoms with van der Waals surface area (Å²) < 4.78 is 1.66. The molecule has 0 aliphatic carbocycles. The summed E-state index contributed by atoms with van der Waals surface area (Å²) in [5, 5.41) is 7.41. The third-order valence-electron chi connectivity index (χ3n) is 10.2. The van der Waals surface area contributed by atoms with Crippen LogP contribution in [0.4, 0.5) is 0 Å². The van der Waals surface area contributed by atoms with Crippen molar-refractivity contribution in [3.05, 3.63) is 79.5 Å². The monoisotopic (exact) mass is 886 g/mol. The van der Waals surface area contributed by atoms with E-state index in [9.17, 15) is 19.2 Å². The number of amides is 4. The number of rotatable bonds is 12. The molecule has 2 fully saturated rings. The summed E-state index contributed by atoms with van der Waals surface area (Å²) in [7, 11) is 0. The van der Waals surface area contributed by atoms with Crippen molar-refractivity contribution in [2.24, 2.45) is 11.8 Å². The van der Waals surface area contributed by atoms with Gasteiger partial charge in [0.2, 0.25) is 0 Å². The summed E-state index contributed by atoms with van der Waals surface area (Å²) in [6.45, 7) is 14.6. The number of nitrogens with zero attached hydrogens (tertiary/aromatic N) is 2. The van der Waals surface area contributed by atoms with Gasteiger partial charge in [0.25, 0.3) is 0 Å². The Morgan fingerprint density at radius 3 is 1.33 bits per heavy atom. The van der Waals surface area contributed by atoms with Crippen molar-refractivity contribution in [2.75, 3.05) is 26.2 Å². The molecule has 2 aliphatic rings. The van der Waals surface area contributed by atoms with Gasteiger partial charge in [0, 0.05) is 0 Å². The Labute approximate surface area is 348 Å². The van der Waals surface area contributed by atoms with E-state index in [4.69, 9.17) is 23.2 Å². The average molecular weight is 887 g/mol. The van der Waals surface area contributed by atoms with Gasteiger partial charge in [-0.25, -0.2) is 0 Å². The zero-order chi connectivity index (χ0) is 39.6. The van der Waals surface area contributed by atoms with Gasteiger partial charge in [-0.1, -0.05) is 0 Å². The normalized spacial score (nSPS) is 15.5. The number of carbonyl (C=O) groups excluding carboxylic acids is 4. The van der Waals surface area contributed by atoms with Crippen molar-refractivity contribution in [1.29, 1.82) is 0 Å². The molecule has 2 unspecified atom stereocenters. The van der Waals surface area contributed by atoms with Gasteiger partial charge in [0.05, 0.1) is 0 Å². The fourth-order valence-corrected chi connectivity index (χ4v) is 14.5. The Bertz CT molecular complexity index is 1940. The molecule has 0 spiro atoms. The van der Waals surface area contributed by atoms with Crippen molar-refractivity contribution in [3.8, 4) is 22.3 Å². The molecule has 6 rings (SSSR count). The molecule has 55 heavy (non-hydrogen) atoms. The van der Waals surface area contributed by atoms with Crippen LogP contribution in [0.5, 0.6) is 0 Å². The Morgan fingerprint density at radius 1 is 0.636 bits per heavy atom. The molecule has 2 aromatic carbocycles. The predicted molar refractivity (Wildman–Crippen MR) is 228 cm³/mol. The molecule has 13 heteroatoms. The number of thiophene rings is 2. The van der Waals surface area contributed by atoms with Crippen LogP contribution in [-0.4, -0.2) is 86.6 Å². The second-order valence-corrected chi connectivity index (χ2v) is 21.6. The average Bonchev–Trinajstić information content (AvgIpc) is 3.96. The quantitative estimate of drug-likeness (QED) is 0.144. The summed E-state index contributed by atoms with van der Waals surface area (Å²) in [6.07, 6.45) is 3.82. The van der Waals surface area contributed by atoms with E-state index in [1.165, 1.54) is 22.7 Å². The molecule has 0 saturated carbocycles. The summed E-state index contributed by atoms with van der Waals surface area (Å²) in [6, 6.07) is 13.5. The molecule has 2 N–H and O–H groups in total. The number of aryl methyl sites for hydroxylation is 2. The van der Waals surface area contributed by atoms with E-state index < -0.39 is 27.0 Å². The molecule has 2 atom stereocenters. The van der Waals surface area contributed by atoms with E-state index in [2.05, 4.69) is 10.6 Å². The van der Waals surface area contributed by atoms with Crippen molar-refractivity contribution in [2.45, 2.75) is 79.3 Å². The van der Waals surface area contributed by atoms with Crippen molar-refractivity contribution in [3.63, 3.8) is 0 Å². The molecule has 0 radical (unpaired) electrons. The predicted octanol–water partition coefficient (Wildman–Crippen LogP) is 7.48. The summed E-state index contributed by atoms with van der Waals surface area (Å²) >= 11 is 15.5. The molecule has 2 aliphatic heterocycles. The van der Waals surface area contributed by atoms with Crippen LogP contribution in [0.3, 0.4) is 0 Å². The van der Waals surface area contributed by atoms with E-state index in [0.29, 0.717) is 47.4 Å². The Hall–Kier alpha value is -3.18. The molecule has 2 aromatic heterocycles. The van der Waals surface area contributed by atoms with Gasteiger partial charge in [0.1, 0.15) is 0 Å². The van der Waals surface area contributed by atoms with Crippen LogP contribution in [0.15, 0.2) is 48.5 Å². The molecule has 8 nitrogen and oxygen atoms in total. The maximum atomic E-state index is 14.7. The zero-order valence-electron chi connectivity index (χ0n) is 32.1. The van der Waals surface area contributed by atoms with Crippen LogP contribution < -0.4 is 18.2 Å². The first kappa shape index (κ1) is 41.5. The third kappa shape index (κ3) is 9.19. The number of carbonyl (C=O) groups is 4. The van der Waals surface area contributed by atoms with E-state index in [0.717, 1.165) is 65.2 Å². The van der Waals surface area contributed by atoms with Crippen molar-refractivity contribution in [1.82, 2.24) is 20.4 Å². The van der Waals surface area contributed by atoms with Crippen LogP contribution in [-0.2, 0) is 9.59 Å². The Kier molecular flexibility index (Phi) is 13.5. The van der Waals surface area contributed by atoms with E-state index in [1.807, 2.05) is 87.7 Å². The summed E-state index contributed by atoms with van der Waals surface area (Å²) in [5.74, 6) is -1.04. The molecule has 4 heterocycles. The first-order valence-electron chi connectivity index (χ1n) is 18.9. The molecular formula is C42H48Cl2N4O4S2Se. The number of halogens is 2. The molecule has 2 saturated heterocycles. The Morgan fingerprint density at radius 2 is 1.00 bits per heavy atom. The molecule has 292 valence electrons. The van der Waals surface area contributed by atoms with Gasteiger partial charge in [0.15, 0.2) is 0 Å². The van der Waals surface area contributed by atoms with Gasteiger partial charge in [-0.15, -0.1) is 0 Å². The molecular weight excluding hydrogens is 838 g/mol. The third-order valence-corrected chi connectivity index (χ3v) is 16.1. The number of nitrogens with one attached hydrogen (secondary N) is 2. The van der Waals surface area contributed by atoms with E-state index in [-0.39, 0.29) is 35.5 Å². The van der Waals surface area contributed by atoms with Crippen molar-refractivity contribution >= 4 is 92.0 Å². The number of likely N-dealkylation sites (tertiary alicyclic amines) is 2. The number of benzene rings is 2. The second-order valence-electron chi connectivity index (χ2n) is 15.0. The number of hydrogen-bond acceptors (Lipinski definition) is 6. The SMILES string of the molecule is Cc1sc([Se]c2sc(C)c(-c3cccc(Cl)c3)c2C(=O)NC(C(=O)N2CCCC2)C(C)C)c(C(=O)NC(C(=O)N2CCCC2)C(C)C)c1-c1cccc(Cl)c1. The van der Waals surface area contributed by atoms with Gasteiger partial charge < -0.3 is 0 Å². The molecule has 4 amide bonds. The second kappa shape index (κ2) is 18.0. The van der Waals surface area contributed by atoms with E-state index in [1.54, 1.807) is 12.1 Å². The number of hydrogen-bond donors (Lipinski definition) is 2. The van der Waals surface area contributed by atoms with Gasteiger partial charge in [-0.3, -0.25) is 0 Å². The van der Waals surface area contributed by atoms with Crippen LogP contribution >= 0.6 is 45.9 Å². The minimum atomic E-state index is -0.695. The standard InChI is InChI=1S/C42H48Cl2N4O4S2Se/c1-23(2)35(39(51)47-17-7-8-18-47)45-37(49)33-31(27-13-11-15-29(43)21-27)25(5)53-41(33)55-42-34(32(26(6)54-42)28-14-12-16-30(44)22-28)38(50)46-36(24(3)4)40(52)48-19-9-10-20-48/h11-16,21-24,35-36H,7-10,17-20H2,1-6H3,(H,45,49)(H,46,50). The topological polar surface area (TPSA) is 98.8 Å².